The third-order valence-corrected chi connectivity index (χ3v) is 3.64. The van der Waals surface area contributed by atoms with Gasteiger partial charge in [-0.1, -0.05) is 6.92 Å². The molecule has 0 aliphatic carbocycles. The van der Waals surface area contributed by atoms with Crippen LogP contribution >= 0.6 is 11.5 Å². The van der Waals surface area contributed by atoms with Gasteiger partial charge in [0.2, 0.25) is 5.13 Å². The lowest BCUT2D eigenvalue weighted by atomic mass is 10.00. The first-order valence-electron chi connectivity index (χ1n) is 5.52. The van der Waals surface area contributed by atoms with E-state index < -0.39 is 0 Å². The van der Waals surface area contributed by atoms with Gasteiger partial charge in [-0.3, -0.25) is 0 Å². The number of nitrogens with zero attached hydrogens (tertiary/aromatic N) is 3. The summed E-state index contributed by atoms with van der Waals surface area (Å²) in [5.41, 5.74) is 0. The van der Waals surface area contributed by atoms with Crippen molar-refractivity contribution in [1.82, 2.24) is 9.36 Å². The van der Waals surface area contributed by atoms with Gasteiger partial charge in [-0.05, 0) is 18.8 Å². The lowest BCUT2D eigenvalue weighted by Crippen LogP contribution is -2.36. The largest absolute Gasteiger partial charge is 0.396 e. The highest BCUT2D eigenvalue weighted by Gasteiger charge is 2.21. The van der Waals surface area contributed by atoms with E-state index in [0.717, 1.165) is 43.3 Å². The van der Waals surface area contributed by atoms with Crippen LogP contribution in [-0.2, 0) is 6.42 Å². The van der Waals surface area contributed by atoms with Crippen molar-refractivity contribution in [1.29, 1.82) is 0 Å². The lowest BCUT2D eigenvalue weighted by Gasteiger charge is -2.31. The van der Waals surface area contributed by atoms with Gasteiger partial charge in [-0.15, -0.1) is 0 Å². The molecule has 1 saturated heterocycles. The maximum absolute atomic E-state index is 9.15. The molecule has 0 amide bonds. The average molecular weight is 227 g/mol. The molecule has 1 unspecified atom stereocenters. The second-order valence-electron chi connectivity index (χ2n) is 3.98. The van der Waals surface area contributed by atoms with Gasteiger partial charge >= 0.3 is 0 Å². The lowest BCUT2D eigenvalue weighted by molar-refractivity contribution is 0.208. The van der Waals surface area contributed by atoms with Crippen molar-refractivity contribution < 1.29 is 5.11 Å². The highest BCUT2D eigenvalue weighted by Crippen LogP contribution is 2.24. The van der Waals surface area contributed by atoms with Crippen LogP contribution in [0.25, 0.3) is 0 Å². The summed E-state index contributed by atoms with van der Waals surface area (Å²) in [7, 11) is 0. The fourth-order valence-electron chi connectivity index (χ4n) is 1.90. The Hall–Kier alpha value is -0.680. The van der Waals surface area contributed by atoms with Crippen molar-refractivity contribution in [2.75, 3.05) is 24.6 Å². The maximum Gasteiger partial charge on any atom is 0.205 e. The number of hydrogen-bond acceptors (Lipinski definition) is 5. The van der Waals surface area contributed by atoms with E-state index in [1.807, 2.05) is 0 Å². The molecule has 0 bridgehead atoms. The third-order valence-electron chi connectivity index (χ3n) is 2.82. The van der Waals surface area contributed by atoms with Gasteiger partial charge in [-0.2, -0.15) is 4.37 Å². The van der Waals surface area contributed by atoms with Gasteiger partial charge in [0, 0.05) is 37.6 Å². The van der Waals surface area contributed by atoms with E-state index in [1.165, 1.54) is 11.5 Å². The van der Waals surface area contributed by atoms with Crippen molar-refractivity contribution in [3.05, 3.63) is 5.82 Å². The summed E-state index contributed by atoms with van der Waals surface area (Å²) in [6.45, 7) is 4.33. The van der Waals surface area contributed by atoms with Crippen LogP contribution in [0.2, 0.25) is 0 Å². The van der Waals surface area contributed by atoms with Crippen molar-refractivity contribution in [3.8, 4) is 0 Å². The molecule has 2 heterocycles. The van der Waals surface area contributed by atoms with E-state index in [9.17, 15) is 0 Å². The third kappa shape index (κ3) is 2.46. The summed E-state index contributed by atoms with van der Waals surface area (Å²) in [6, 6.07) is 0. The Morgan fingerprint density at radius 3 is 3.13 bits per heavy atom. The topological polar surface area (TPSA) is 49.2 Å². The SMILES string of the molecule is CCc1nsc(N2CCCC(CO)C2)n1. The molecule has 2 rings (SSSR count). The number of aliphatic hydroxyl groups excluding tert-OH is 1. The van der Waals surface area contributed by atoms with E-state index in [0.29, 0.717) is 5.92 Å². The minimum Gasteiger partial charge on any atom is -0.396 e. The van der Waals surface area contributed by atoms with E-state index in [-0.39, 0.29) is 6.61 Å². The Labute approximate surface area is 94.1 Å². The zero-order chi connectivity index (χ0) is 10.7. The molecular weight excluding hydrogens is 210 g/mol. The molecule has 4 nitrogen and oxygen atoms in total. The van der Waals surface area contributed by atoms with Gasteiger partial charge in [-0.25, -0.2) is 4.98 Å². The van der Waals surface area contributed by atoms with E-state index in [2.05, 4.69) is 21.2 Å². The molecule has 0 saturated carbocycles. The van der Waals surface area contributed by atoms with Gasteiger partial charge < -0.3 is 10.0 Å². The minimum atomic E-state index is 0.288. The molecule has 1 aliphatic rings. The van der Waals surface area contributed by atoms with Crippen LogP contribution in [0.4, 0.5) is 5.13 Å². The van der Waals surface area contributed by atoms with Crippen molar-refractivity contribution in [3.63, 3.8) is 0 Å². The molecule has 0 aromatic carbocycles. The maximum atomic E-state index is 9.15. The molecule has 1 aromatic heterocycles. The van der Waals surface area contributed by atoms with Gasteiger partial charge in [0.15, 0.2) is 0 Å². The van der Waals surface area contributed by atoms with Gasteiger partial charge in [0.05, 0.1) is 0 Å². The average Bonchev–Trinajstić information content (AvgIpc) is 2.78. The van der Waals surface area contributed by atoms with Gasteiger partial charge in [0.25, 0.3) is 0 Å². The smallest absolute Gasteiger partial charge is 0.205 e. The predicted octanol–water partition coefficient (Wildman–Crippen LogP) is 1.31. The summed E-state index contributed by atoms with van der Waals surface area (Å²) in [4.78, 5) is 6.72. The van der Waals surface area contributed by atoms with Crippen molar-refractivity contribution >= 4 is 16.7 Å². The highest BCUT2D eigenvalue weighted by atomic mass is 32.1. The van der Waals surface area contributed by atoms with E-state index in [1.54, 1.807) is 0 Å². The second-order valence-corrected chi connectivity index (χ2v) is 4.71. The zero-order valence-electron chi connectivity index (χ0n) is 9.02. The summed E-state index contributed by atoms with van der Waals surface area (Å²) < 4.78 is 4.29. The molecule has 0 radical (unpaired) electrons. The number of aliphatic hydroxyl groups is 1. The fourth-order valence-corrected chi connectivity index (χ4v) is 2.69. The highest BCUT2D eigenvalue weighted by molar-refractivity contribution is 7.09. The van der Waals surface area contributed by atoms with Crippen LogP contribution < -0.4 is 4.90 Å². The molecule has 0 spiro atoms. The Morgan fingerprint density at radius 2 is 2.47 bits per heavy atom. The predicted molar refractivity (Wildman–Crippen MR) is 61.3 cm³/mol. The first-order chi connectivity index (χ1) is 7.33. The quantitative estimate of drug-likeness (QED) is 0.846. The number of aryl methyl sites for hydroxylation is 1. The standard InChI is InChI=1S/C10H17N3OS/c1-2-9-11-10(15-12-9)13-5-3-4-8(6-13)7-14/h8,14H,2-7H2,1H3. The molecule has 84 valence electrons. The molecular formula is C10H17N3OS. The molecule has 1 fully saturated rings. The Kier molecular flexibility index (Phi) is 3.53. The van der Waals surface area contributed by atoms with Gasteiger partial charge in [0.1, 0.15) is 5.82 Å². The fraction of sp³-hybridized carbons (Fsp3) is 0.800. The normalized spacial score (nSPS) is 22.0. The molecule has 1 aromatic rings. The van der Waals surface area contributed by atoms with Crippen LogP contribution in [0.3, 0.4) is 0 Å². The summed E-state index contributed by atoms with van der Waals surface area (Å²) in [5.74, 6) is 1.34. The zero-order valence-corrected chi connectivity index (χ0v) is 9.83. The number of aromatic nitrogens is 2. The summed E-state index contributed by atoms with van der Waals surface area (Å²) in [6.07, 6.45) is 3.17. The Balaban J connectivity index is 2.03. The molecule has 1 atom stereocenters. The van der Waals surface area contributed by atoms with Crippen LogP contribution in [-0.4, -0.2) is 34.2 Å². The Morgan fingerprint density at radius 1 is 1.60 bits per heavy atom. The number of rotatable bonds is 3. The summed E-state index contributed by atoms with van der Waals surface area (Å²) >= 11 is 1.48. The first kappa shape index (κ1) is 10.8. The number of anilines is 1. The Bertz CT molecular complexity index is 315. The second kappa shape index (κ2) is 4.90. The first-order valence-corrected chi connectivity index (χ1v) is 6.29. The summed E-state index contributed by atoms with van der Waals surface area (Å²) in [5, 5.41) is 10.2. The molecule has 1 N–H and O–H groups in total. The minimum absolute atomic E-state index is 0.288. The van der Waals surface area contributed by atoms with E-state index in [4.69, 9.17) is 5.11 Å². The number of piperidine rings is 1. The van der Waals surface area contributed by atoms with Crippen molar-refractivity contribution in [2.45, 2.75) is 26.2 Å². The molecule has 15 heavy (non-hydrogen) atoms. The van der Waals surface area contributed by atoms with Crippen LogP contribution in [0.15, 0.2) is 0 Å². The molecule has 5 heteroatoms. The van der Waals surface area contributed by atoms with Crippen LogP contribution in [0, 0.1) is 5.92 Å². The van der Waals surface area contributed by atoms with Crippen LogP contribution in [0.1, 0.15) is 25.6 Å². The van der Waals surface area contributed by atoms with Crippen LogP contribution in [0.5, 0.6) is 0 Å². The molecule has 1 aliphatic heterocycles. The number of hydrogen-bond donors (Lipinski definition) is 1. The van der Waals surface area contributed by atoms with Crippen molar-refractivity contribution in [2.24, 2.45) is 5.92 Å². The monoisotopic (exact) mass is 227 g/mol. The van der Waals surface area contributed by atoms with E-state index >= 15 is 0 Å².